The number of aromatic nitrogens is 3. The molecule has 8 nitrogen and oxygen atoms in total. The monoisotopic (exact) mass is 436 g/mol. The van der Waals surface area contributed by atoms with Crippen LogP contribution in [-0.4, -0.2) is 54.3 Å². The van der Waals surface area contributed by atoms with Crippen LogP contribution < -0.4 is 19.8 Å². The van der Waals surface area contributed by atoms with Gasteiger partial charge in [0.05, 0.1) is 27.0 Å². The average Bonchev–Trinajstić information content (AvgIpc) is 2.84. The molecule has 1 aromatic carbocycles. The molecule has 1 aliphatic heterocycles. The second-order valence-electron chi connectivity index (χ2n) is 7.80. The summed E-state index contributed by atoms with van der Waals surface area (Å²) < 4.78 is 16.5. The molecule has 0 unspecified atom stereocenters. The number of likely N-dealkylation sites (tertiary alicyclic amines) is 1. The molecule has 0 radical (unpaired) electrons. The van der Waals surface area contributed by atoms with Gasteiger partial charge in [0.2, 0.25) is 5.75 Å². The van der Waals surface area contributed by atoms with Crippen LogP contribution in [0.4, 0.5) is 0 Å². The van der Waals surface area contributed by atoms with Gasteiger partial charge < -0.3 is 19.2 Å². The molecule has 1 N–H and O–H groups in total. The molecule has 168 valence electrons. The van der Waals surface area contributed by atoms with Gasteiger partial charge in [-0.25, -0.2) is 4.98 Å². The standard InChI is InChI=1S/C24H28N4O4/c1-30-20-7-6-18(22(31-2)23(20)32-3)15-28-11-8-16(9-12-28)19-13-21(29)27-24(26-19)17-5-4-10-25-14-17/h4-7,10,13-14,16H,8-9,11-12,15H2,1-3H3,(H,26,27,29). The van der Waals surface area contributed by atoms with Gasteiger partial charge in [0, 0.05) is 42.0 Å². The number of hydrogen-bond donors (Lipinski definition) is 1. The average molecular weight is 437 g/mol. The van der Waals surface area contributed by atoms with Crippen LogP contribution >= 0.6 is 0 Å². The number of nitrogens with one attached hydrogen (secondary N) is 1. The highest BCUT2D eigenvalue weighted by Crippen LogP contribution is 2.40. The number of piperidine rings is 1. The fraction of sp³-hybridized carbons (Fsp3) is 0.375. The van der Waals surface area contributed by atoms with Crippen LogP contribution in [0.1, 0.15) is 30.0 Å². The van der Waals surface area contributed by atoms with E-state index in [1.807, 2.05) is 24.3 Å². The first kappa shape index (κ1) is 21.8. The van der Waals surface area contributed by atoms with Crippen molar-refractivity contribution in [1.29, 1.82) is 0 Å². The van der Waals surface area contributed by atoms with Crippen LogP contribution in [0.25, 0.3) is 11.4 Å². The van der Waals surface area contributed by atoms with Crippen molar-refractivity contribution in [3.8, 4) is 28.6 Å². The Labute approximate surface area is 187 Å². The van der Waals surface area contributed by atoms with E-state index in [0.29, 0.717) is 23.1 Å². The van der Waals surface area contributed by atoms with Crippen molar-refractivity contribution in [2.75, 3.05) is 34.4 Å². The SMILES string of the molecule is COc1ccc(CN2CCC(c3cc(=O)[nH]c(-c4cccnc4)n3)CC2)c(OC)c1OC. The maximum absolute atomic E-state index is 12.3. The van der Waals surface area contributed by atoms with Gasteiger partial charge in [-0.2, -0.15) is 0 Å². The number of nitrogens with zero attached hydrogens (tertiary/aromatic N) is 3. The fourth-order valence-corrected chi connectivity index (χ4v) is 4.24. The van der Waals surface area contributed by atoms with E-state index >= 15 is 0 Å². The van der Waals surface area contributed by atoms with E-state index in [1.54, 1.807) is 39.8 Å². The summed E-state index contributed by atoms with van der Waals surface area (Å²) in [5.41, 5.74) is 2.57. The minimum Gasteiger partial charge on any atom is -0.493 e. The number of pyridine rings is 1. The molecule has 8 heteroatoms. The Balaban J connectivity index is 1.47. The third-order valence-electron chi connectivity index (χ3n) is 5.88. The van der Waals surface area contributed by atoms with E-state index in [4.69, 9.17) is 19.2 Å². The molecule has 1 aliphatic rings. The molecular formula is C24H28N4O4. The molecule has 4 rings (SSSR count). The van der Waals surface area contributed by atoms with E-state index in [1.165, 1.54) is 0 Å². The van der Waals surface area contributed by atoms with E-state index in [-0.39, 0.29) is 11.5 Å². The molecule has 1 saturated heterocycles. The predicted molar refractivity (Wildman–Crippen MR) is 121 cm³/mol. The Morgan fingerprint density at radius 2 is 1.84 bits per heavy atom. The van der Waals surface area contributed by atoms with Crippen molar-refractivity contribution >= 4 is 0 Å². The first-order valence-electron chi connectivity index (χ1n) is 10.6. The van der Waals surface area contributed by atoms with Crippen LogP contribution in [0.5, 0.6) is 17.2 Å². The molecule has 1 fully saturated rings. The fourth-order valence-electron chi connectivity index (χ4n) is 4.24. The van der Waals surface area contributed by atoms with E-state index in [9.17, 15) is 4.79 Å². The van der Waals surface area contributed by atoms with Gasteiger partial charge in [0.15, 0.2) is 11.5 Å². The van der Waals surface area contributed by atoms with Gasteiger partial charge in [-0.05, 0) is 44.1 Å². The zero-order valence-electron chi connectivity index (χ0n) is 18.6. The Kier molecular flexibility index (Phi) is 6.70. The largest absolute Gasteiger partial charge is 0.493 e. The lowest BCUT2D eigenvalue weighted by atomic mass is 9.93. The lowest BCUT2D eigenvalue weighted by Crippen LogP contribution is -2.33. The summed E-state index contributed by atoms with van der Waals surface area (Å²) in [6, 6.07) is 9.28. The molecule has 0 saturated carbocycles. The summed E-state index contributed by atoms with van der Waals surface area (Å²) in [6.07, 6.45) is 5.27. The van der Waals surface area contributed by atoms with Crippen molar-refractivity contribution in [2.24, 2.45) is 0 Å². The van der Waals surface area contributed by atoms with E-state index in [2.05, 4.69) is 14.9 Å². The highest BCUT2D eigenvalue weighted by Gasteiger charge is 2.24. The zero-order valence-corrected chi connectivity index (χ0v) is 18.6. The third-order valence-corrected chi connectivity index (χ3v) is 5.88. The molecular weight excluding hydrogens is 408 g/mol. The summed E-state index contributed by atoms with van der Waals surface area (Å²) in [7, 11) is 4.87. The number of aromatic amines is 1. The third kappa shape index (κ3) is 4.60. The zero-order chi connectivity index (χ0) is 22.5. The highest BCUT2D eigenvalue weighted by atomic mass is 16.5. The van der Waals surface area contributed by atoms with Gasteiger partial charge >= 0.3 is 0 Å². The van der Waals surface area contributed by atoms with Crippen molar-refractivity contribution in [2.45, 2.75) is 25.3 Å². The smallest absolute Gasteiger partial charge is 0.251 e. The molecule has 0 spiro atoms. The maximum atomic E-state index is 12.3. The van der Waals surface area contributed by atoms with E-state index < -0.39 is 0 Å². The van der Waals surface area contributed by atoms with Crippen LogP contribution in [0, 0.1) is 0 Å². The minimum atomic E-state index is -0.133. The Morgan fingerprint density at radius 3 is 2.50 bits per heavy atom. The maximum Gasteiger partial charge on any atom is 0.251 e. The van der Waals surface area contributed by atoms with Crippen LogP contribution in [0.3, 0.4) is 0 Å². The summed E-state index contributed by atoms with van der Waals surface area (Å²) >= 11 is 0. The van der Waals surface area contributed by atoms with Crippen molar-refractivity contribution in [1.82, 2.24) is 19.9 Å². The normalized spacial score (nSPS) is 14.8. The topological polar surface area (TPSA) is 89.6 Å². The number of ether oxygens (including phenoxy) is 3. The first-order chi connectivity index (χ1) is 15.6. The summed E-state index contributed by atoms with van der Waals surface area (Å²) in [4.78, 5) is 26.3. The van der Waals surface area contributed by atoms with Crippen molar-refractivity contribution in [3.63, 3.8) is 0 Å². The molecule has 0 amide bonds. The molecule has 0 bridgehead atoms. The summed E-state index contributed by atoms with van der Waals surface area (Å²) in [5.74, 6) is 2.77. The van der Waals surface area contributed by atoms with Crippen LogP contribution in [-0.2, 0) is 6.54 Å². The van der Waals surface area contributed by atoms with Gasteiger partial charge in [0.1, 0.15) is 5.82 Å². The molecule has 0 atom stereocenters. The van der Waals surface area contributed by atoms with Crippen molar-refractivity contribution in [3.05, 3.63) is 64.3 Å². The van der Waals surface area contributed by atoms with Crippen molar-refractivity contribution < 1.29 is 14.2 Å². The molecule has 32 heavy (non-hydrogen) atoms. The molecule has 0 aliphatic carbocycles. The number of benzene rings is 1. The molecule has 3 aromatic rings. The van der Waals surface area contributed by atoms with Crippen LogP contribution in [0.15, 0.2) is 47.5 Å². The number of H-pyrrole nitrogens is 1. The molecule has 2 aromatic heterocycles. The highest BCUT2D eigenvalue weighted by molar-refractivity contribution is 5.56. The van der Waals surface area contributed by atoms with Gasteiger partial charge in [-0.3, -0.25) is 14.7 Å². The second-order valence-corrected chi connectivity index (χ2v) is 7.80. The Hall–Kier alpha value is -3.39. The minimum absolute atomic E-state index is 0.133. The second kappa shape index (κ2) is 9.82. The van der Waals surface area contributed by atoms with Gasteiger partial charge in [-0.1, -0.05) is 6.07 Å². The molecule has 3 heterocycles. The first-order valence-corrected chi connectivity index (χ1v) is 10.6. The summed E-state index contributed by atoms with van der Waals surface area (Å²) in [6.45, 7) is 2.55. The lowest BCUT2D eigenvalue weighted by molar-refractivity contribution is 0.200. The quantitative estimate of drug-likeness (QED) is 0.608. The number of methoxy groups -OCH3 is 3. The summed E-state index contributed by atoms with van der Waals surface area (Å²) in [5, 5.41) is 0. The predicted octanol–water partition coefficient (Wildman–Crippen LogP) is 3.24. The number of hydrogen-bond acceptors (Lipinski definition) is 7. The van der Waals surface area contributed by atoms with E-state index in [0.717, 1.165) is 49.3 Å². The van der Waals surface area contributed by atoms with Crippen LogP contribution in [0.2, 0.25) is 0 Å². The van der Waals surface area contributed by atoms with Gasteiger partial charge in [-0.15, -0.1) is 0 Å². The Bertz CT molecular complexity index is 1110. The van der Waals surface area contributed by atoms with Gasteiger partial charge in [0.25, 0.3) is 5.56 Å². The Morgan fingerprint density at radius 1 is 1.06 bits per heavy atom. The number of rotatable bonds is 7. The lowest BCUT2D eigenvalue weighted by Gasteiger charge is -2.32.